The summed E-state index contributed by atoms with van der Waals surface area (Å²) in [6.45, 7) is 4.84. The fraction of sp³-hybridized carbons (Fsp3) is 0.357. The highest BCUT2D eigenvalue weighted by molar-refractivity contribution is 9.10. The Kier molecular flexibility index (Phi) is 4.37. The molecule has 0 bridgehead atoms. The number of nitrogens with two attached hydrogens (primary N) is 1. The first-order valence-electron chi connectivity index (χ1n) is 6.25. The van der Waals surface area contributed by atoms with Gasteiger partial charge in [-0.25, -0.2) is 4.39 Å². The first-order valence-corrected chi connectivity index (χ1v) is 7.04. The molecule has 2 aromatic rings. The van der Waals surface area contributed by atoms with Crippen LogP contribution in [-0.4, -0.2) is 9.78 Å². The summed E-state index contributed by atoms with van der Waals surface area (Å²) < 4.78 is 15.7. The Labute approximate surface area is 120 Å². The molecule has 0 fully saturated rings. The second kappa shape index (κ2) is 5.84. The van der Waals surface area contributed by atoms with Crippen molar-refractivity contribution < 1.29 is 4.39 Å². The van der Waals surface area contributed by atoms with Crippen LogP contribution in [0.2, 0.25) is 0 Å². The number of hydrogen-bond donors (Lipinski definition) is 1. The lowest BCUT2D eigenvalue weighted by Gasteiger charge is -2.14. The Balaban J connectivity index is 2.22. The van der Waals surface area contributed by atoms with Crippen molar-refractivity contribution in [1.29, 1.82) is 0 Å². The van der Waals surface area contributed by atoms with Gasteiger partial charge in [-0.1, -0.05) is 22.0 Å². The maximum Gasteiger partial charge on any atom is 0.124 e. The third-order valence-electron chi connectivity index (χ3n) is 3.08. The molecule has 1 aromatic heterocycles. The molecule has 1 heterocycles. The van der Waals surface area contributed by atoms with Crippen LogP contribution in [0.25, 0.3) is 0 Å². The van der Waals surface area contributed by atoms with E-state index in [4.69, 9.17) is 5.73 Å². The first kappa shape index (κ1) is 14.2. The fourth-order valence-corrected chi connectivity index (χ4v) is 2.82. The normalized spacial score (nSPS) is 12.7. The van der Waals surface area contributed by atoms with Crippen LogP contribution in [-0.2, 0) is 13.0 Å². The molecule has 102 valence electrons. The minimum atomic E-state index is -0.266. The van der Waals surface area contributed by atoms with E-state index in [0.717, 1.165) is 23.5 Å². The summed E-state index contributed by atoms with van der Waals surface area (Å²) >= 11 is 3.36. The monoisotopic (exact) mass is 325 g/mol. The zero-order chi connectivity index (χ0) is 14.0. The highest BCUT2D eigenvalue weighted by Crippen LogP contribution is 2.25. The maximum absolute atomic E-state index is 13.1. The quantitative estimate of drug-likeness (QED) is 0.936. The molecule has 0 spiro atoms. The summed E-state index contributed by atoms with van der Waals surface area (Å²) in [7, 11) is 0. The molecule has 1 aromatic carbocycles. The highest BCUT2D eigenvalue weighted by Gasteiger charge is 2.14. The van der Waals surface area contributed by atoms with Crippen LogP contribution >= 0.6 is 15.9 Å². The number of benzene rings is 1. The molecule has 0 aliphatic rings. The number of aromatic nitrogens is 2. The molecular weight excluding hydrogens is 309 g/mol. The van der Waals surface area contributed by atoms with Crippen LogP contribution in [0, 0.1) is 12.7 Å². The average Bonchev–Trinajstić information content (AvgIpc) is 2.69. The summed E-state index contributed by atoms with van der Waals surface area (Å²) in [6.07, 6.45) is 0.679. The van der Waals surface area contributed by atoms with Crippen LogP contribution in [0.3, 0.4) is 0 Å². The molecule has 19 heavy (non-hydrogen) atoms. The van der Waals surface area contributed by atoms with E-state index in [2.05, 4.69) is 28.0 Å². The van der Waals surface area contributed by atoms with Crippen molar-refractivity contribution in [2.45, 2.75) is 32.9 Å². The lowest BCUT2D eigenvalue weighted by Crippen LogP contribution is -2.16. The third-order valence-corrected chi connectivity index (χ3v) is 3.76. The second-order valence-electron chi connectivity index (χ2n) is 4.57. The Morgan fingerprint density at radius 1 is 1.42 bits per heavy atom. The number of nitrogens with zero attached hydrogens (tertiary/aromatic N) is 2. The van der Waals surface area contributed by atoms with Gasteiger partial charge in [0.2, 0.25) is 0 Å². The van der Waals surface area contributed by atoms with Gasteiger partial charge >= 0.3 is 0 Å². The number of hydrogen-bond acceptors (Lipinski definition) is 2. The van der Waals surface area contributed by atoms with E-state index in [1.54, 1.807) is 6.07 Å². The molecule has 5 heteroatoms. The van der Waals surface area contributed by atoms with Gasteiger partial charge in [0.15, 0.2) is 0 Å². The zero-order valence-corrected chi connectivity index (χ0v) is 12.6. The van der Waals surface area contributed by atoms with Crippen LogP contribution in [0.15, 0.2) is 28.7 Å². The Bertz CT molecular complexity index is 580. The number of aryl methyl sites for hydroxylation is 2. The first-order chi connectivity index (χ1) is 9.01. The summed E-state index contributed by atoms with van der Waals surface area (Å²) in [5.74, 6) is -0.266. The van der Waals surface area contributed by atoms with Gasteiger partial charge < -0.3 is 5.73 Å². The van der Waals surface area contributed by atoms with Crippen LogP contribution in [0.4, 0.5) is 4.39 Å². The predicted octanol–water partition coefficient (Wildman–Crippen LogP) is 3.36. The standard InChI is InChI=1S/C14H17BrFN3/c1-3-19-11(6-9(2)18-19)8-14(17)12-5-4-10(16)7-13(12)15/h4-7,14H,3,8,17H2,1-2H3. The van der Waals surface area contributed by atoms with E-state index < -0.39 is 0 Å². The van der Waals surface area contributed by atoms with Crippen molar-refractivity contribution in [3.8, 4) is 0 Å². The number of rotatable bonds is 4. The summed E-state index contributed by atoms with van der Waals surface area (Å²) in [5.41, 5.74) is 9.21. The van der Waals surface area contributed by atoms with Gasteiger partial charge in [-0.2, -0.15) is 5.10 Å². The Hall–Kier alpha value is -1.20. The van der Waals surface area contributed by atoms with E-state index in [1.807, 2.05) is 17.7 Å². The fourth-order valence-electron chi connectivity index (χ4n) is 2.17. The van der Waals surface area contributed by atoms with E-state index in [9.17, 15) is 4.39 Å². The molecule has 2 rings (SSSR count). The van der Waals surface area contributed by atoms with E-state index in [1.165, 1.54) is 12.1 Å². The van der Waals surface area contributed by atoms with Crippen molar-refractivity contribution in [2.24, 2.45) is 5.73 Å². The minimum absolute atomic E-state index is 0.184. The molecule has 0 radical (unpaired) electrons. The third kappa shape index (κ3) is 3.22. The van der Waals surface area contributed by atoms with E-state index >= 15 is 0 Å². The molecule has 0 amide bonds. The molecule has 0 saturated heterocycles. The van der Waals surface area contributed by atoms with Gasteiger partial charge in [-0.3, -0.25) is 4.68 Å². The van der Waals surface area contributed by atoms with Crippen molar-refractivity contribution in [3.63, 3.8) is 0 Å². The lowest BCUT2D eigenvalue weighted by atomic mass is 10.0. The molecule has 2 N–H and O–H groups in total. The van der Waals surface area contributed by atoms with Crippen LogP contribution in [0.1, 0.15) is 29.9 Å². The molecule has 1 unspecified atom stereocenters. The SMILES string of the molecule is CCn1nc(C)cc1CC(N)c1ccc(F)cc1Br. The van der Waals surface area contributed by atoms with Gasteiger partial charge in [0.05, 0.1) is 5.69 Å². The smallest absolute Gasteiger partial charge is 0.124 e. The van der Waals surface area contributed by atoms with Gasteiger partial charge in [-0.05, 0) is 37.6 Å². The topological polar surface area (TPSA) is 43.8 Å². The maximum atomic E-state index is 13.1. The van der Waals surface area contributed by atoms with Gasteiger partial charge in [-0.15, -0.1) is 0 Å². The van der Waals surface area contributed by atoms with Crippen molar-refractivity contribution in [3.05, 3.63) is 51.5 Å². The predicted molar refractivity (Wildman–Crippen MR) is 77.4 cm³/mol. The van der Waals surface area contributed by atoms with Gasteiger partial charge in [0, 0.05) is 29.2 Å². The van der Waals surface area contributed by atoms with Crippen molar-refractivity contribution in [2.75, 3.05) is 0 Å². The molecule has 3 nitrogen and oxygen atoms in total. The van der Waals surface area contributed by atoms with Crippen LogP contribution in [0.5, 0.6) is 0 Å². The Morgan fingerprint density at radius 2 is 2.16 bits per heavy atom. The van der Waals surface area contributed by atoms with Gasteiger partial charge in [0.1, 0.15) is 5.82 Å². The lowest BCUT2D eigenvalue weighted by molar-refractivity contribution is 0.584. The number of halogens is 2. The Morgan fingerprint density at radius 3 is 2.79 bits per heavy atom. The highest BCUT2D eigenvalue weighted by atomic mass is 79.9. The van der Waals surface area contributed by atoms with Crippen molar-refractivity contribution >= 4 is 15.9 Å². The summed E-state index contributed by atoms with van der Waals surface area (Å²) in [4.78, 5) is 0. The zero-order valence-electron chi connectivity index (χ0n) is 11.0. The van der Waals surface area contributed by atoms with E-state index in [-0.39, 0.29) is 11.9 Å². The summed E-state index contributed by atoms with van der Waals surface area (Å²) in [5, 5.41) is 4.40. The second-order valence-corrected chi connectivity index (χ2v) is 5.42. The van der Waals surface area contributed by atoms with E-state index in [0.29, 0.717) is 10.9 Å². The molecule has 0 aliphatic heterocycles. The van der Waals surface area contributed by atoms with Crippen molar-refractivity contribution in [1.82, 2.24) is 9.78 Å². The minimum Gasteiger partial charge on any atom is -0.324 e. The largest absolute Gasteiger partial charge is 0.324 e. The molecule has 1 atom stereocenters. The van der Waals surface area contributed by atoms with Gasteiger partial charge in [0.25, 0.3) is 0 Å². The average molecular weight is 326 g/mol. The molecular formula is C14H17BrFN3. The molecule has 0 aliphatic carbocycles. The summed E-state index contributed by atoms with van der Waals surface area (Å²) in [6, 6.07) is 6.46. The van der Waals surface area contributed by atoms with Crippen LogP contribution < -0.4 is 5.73 Å². The molecule has 0 saturated carbocycles.